The highest BCUT2D eigenvalue weighted by molar-refractivity contribution is 5.47. The molecule has 0 saturated carbocycles. The van der Waals surface area contributed by atoms with Crippen LogP contribution in [0.4, 0.5) is 0 Å². The summed E-state index contributed by atoms with van der Waals surface area (Å²) in [6, 6.07) is 5.74. The van der Waals surface area contributed by atoms with Gasteiger partial charge in [0.2, 0.25) is 0 Å². The zero-order valence-corrected chi connectivity index (χ0v) is 7.75. The SMILES string of the molecule is C=Cc1cccc(C=C)n1.CC. The third kappa shape index (κ3) is 3.15. The average molecular weight is 161 g/mol. The first kappa shape index (κ1) is 10.6. The second-order valence-electron chi connectivity index (χ2n) is 1.90. The largest absolute Gasteiger partial charge is 0.249 e. The van der Waals surface area contributed by atoms with Crippen molar-refractivity contribution in [2.45, 2.75) is 13.8 Å². The molecule has 0 aromatic carbocycles. The molecule has 0 bridgehead atoms. The van der Waals surface area contributed by atoms with E-state index in [4.69, 9.17) is 0 Å². The Hall–Kier alpha value is -1.37. The molecule has 0 spiro atoms. The highest BCUT2D eigenvalue weighted by Gasteiger charge is 1.86. The Morgan fingerprint density at radius 2 is 1.50 bits per heavy atom. The lowest BCUT2D eigenvalue weighted by Crippen LogP contribution is -1.82. The minimum atomic E-state index is 0.886. The van der Waals surface area contributed by atoms with Crippen LogP contribution in [-0.4, -0.2) is 4.98 Å². The van der Waals surface area contributed by atoms with Crippen molar-refractivity contribution in [2.24, 2.45) is 0 Å². The Labute approximate surface area is 74.5 Å². The van der Waals surface area contributed by atoms with Crippen molar-refractivity contribution in [2.75, 3.05) is 0 Å². The first-order valence-electron chi connectivity index (χ1n) is 4.09. The molecule has 0 atom stereocenters. The van der Waals surface area contributed by atoms with Crippen LogP contribution in [-0.2, 0) is 0 Å². The van der Waals surface area contributed by atoms with Crippen LogP contribution in [0.3, 0.4) is 0 Å². The van der Waals surface area contributed by atoms with E-state index in [1.54, 1.807) is 12.2 Å². The maximum absolute atomic E-state index is 4.17. The van der Waals surface area contributed by atoms with Crippen molar-refractivity contribution in [1.29, 1.82) is 0 Å². The van der Waals surface area contributed by atoms with E-state index in [-0.39, 0.29) is 0 Å². The molecule has 1 heteroatoms. The molecule has 0 saturated heterocycles. The van der Waals surface area contributed by atoms with Gasteiger partial charge in [0.1, 0.15) is 0 Å². The molecule has 0 aliphatic heterocycles. The Balaban J connectivity index is 0.000000561. The molecule has 0 radical (unpaired) electrons. The number of nitrogens with zero attached hydrogens (tertiary/aromatic N) is 1. The lowest BCUT2D eigenvalue weighted by molar-refractivity contribution is 1.27. The summed E-state index contributed by atoms with van der Waals surface area (Å²) >= 11 is 0. The summed E-state index contributed by atoms with van der Waals surface area (Å²) in [5.41, 5.74) is 1.77. The van der Waals surface area contributed by atoms with E-state index in [0.29, 0.717) is 0 Å². The van der Waals surface area contributed by atoms with E-state index >= 15 is 0 Å². The zero-order valence-electron chi connectivity index (χ0n) is 7.75. The number of hydrogen-bond acceptors (Lipinski definition) is 1. The second kappa shape index (κ2) is 6.35. The third-order valence-corrected chi connectivity index (χ3v) is 1.21. The Morgan fingerprint density at radius 1 is 1.08 bits per heavy atom. The second-order valence-corrected chi connectivity index (χ2v) is 1.90. The van der Waals surface area contributed by atoms with Gasteiger partial charge >= 0.3 is 0 Å². The van der Waals surface area contributed by atoms with Crippen LogP contribution in [0.1, 0.15) is 25.2 Å². The Bertz CT molecular complexity index is 228. The zero-order chi connectivity index (χ0) is 9.40. The van der Waals surface area contributed by atoms with E-state index < -0.39 is 0 Å². The molecule has 0 N–H and O–H groups in total. The maximum Gasteiger partial charge on any atom is 0.0631 e. The Morgan fingerprint density at radius 3 is 1.83 bits per heavy atom. The van der Waals surface area contributed by atoms with Crippen molar-refractivity contribution in [3.8, 4) is 0 Å². The van der Waals surface area contributed by atoms with Gasteiger partial charge in [0.25, 0.3) is 0 Å². The number of aromatic nitrogens is 1. The molecular weight excluding hydrogens is 146 g/mol. The van der Waals surface area contributed by atoms with Crippen LogP contribution in [0, 0.1) is 0 Å². The summed E-state index contributed by atoms with van der Waals surface area (Å²) in [7, 11) is 0. The minimum absolute atomic E-state index is 0.886. The van der Waals surface area contributed by atoms with Crippen LogP contribution >= 0.6 is 0 Å². The van der Waals surface area contributed by atoms with E-state index in [1.807, 2.05) is 32.0 Å². The highest BCUT2D eigenvalue weighted by Crippen LogP contribution is 2.00. The summed E-state index contributed by atoms with van der Waals surface area (Å²) in [6.07, 6.45) is 3.43. The van der Waals surface area contributed by atoms with Crippen molar-refractivity contribution in [3.05, 3.63) is 42.7 Å². The maximum atomic E-state index is 4.17. The molecule has 64 valence electrons. The molecule has 1 nitrogen and oxygen atoms in total. The smallest absolute Gasteiger partial charge is 0.0631 e. The van der Waals surface area contributed by atoms with E-state index in [9.17, 15) is 0 Å². The molecule has 1 heterocycles. The minimum Gasteiger partial charge on any atom is -0.249 e. The first-order valence-corrected chi connectivity index (χ1v) is 4.09. The van der Waals surface area contributed by atoms with Gasteiger partial charge in [0.05, 0.1) is 11.4 Å². The van der Waals surface area contributed by atoms with Crippen LogP contribution in [0.5, 0.6) is 0 Å². The molecule has 0 aliphatic rings. The fourth-order valence-corrected chi connectivity index (χ4v) is 0.696. The van der Waals surface area contributed by atoms with E-state index in [2.05, 4.69) is 18.1 Å². The highest BCUT2D eigenvalue weighted by atomic mass is 14.7. The third-order valence-electron chi connectivity index (χ3n) is 1.21. The van der Waals surface area contributed by atoms with Gasteiger partial charge in [-0.15, -0.1) is 0 Å². The van der Waals surface area contributed by atoms with E-state index in [0.717, 1.165) is 11.4 Å². The summed E-state index contributed by atoms with van der Waals surface area (Å²) < 4.78 is 0. The number of pyridine rings is 1. The summed E-state index contributed by atoms with van der Waals surface area (Å²) in [6.45, 7) is 11.2. The predicted molar refractivity (Wildman–Crippen MR) is 55.8 cm³/mol. The molecular formula is C11H15N. The summed E-state index contributed by atoms with van der Waals surface area (Å²) in [5.74, 6) is 0. The van der Waals surface area contributed by atoms with Crippen molar-refractivity contribution in [3.63, 3.8) is 0 Å². The first-order chi connectivity index (χ1) is 5.86. The molecule has 0 aliphatic carbocycles. The van der Waals surface area contributed by atoms with Crippen molar-refractivity contribution in [1.82, 2.24) is 4.98 Å². The van der Waals surface area contributed by atoms with E-state index in [1.165, 1.54) is 0 Å². The van der Waals surface area contributed by atoms with Crippen LogP contribution in [0.15, 0.2) is 31.4 Å². The van der Waals surface area contributed by atoms with Crippen LogP contribution in [0.2, 0.25) is 0 Å². The fourth-order valence-electron chi connectivity index (χ4n) is 0.696. The molecule has 1 rings (SSSR count). The standard InChI is InChI=1S/C9H9N.C2H6/c1-3-8-6-5-7-9(4-2)10-8;1-2/h3-7H,1-2H2;1-2H3. The van der Waals surface area contributed by atoms with Gasteiger partial charge in [-0.1, -0.05) is 33.1 Å². The summed E-state index contributed by atoms with van der Waals surface area (Å²) in [4.78, 5) is 4.17. The van der Waals surface area contributed by atoms with Crippen molar-refractivity contribution < 1.29 is 0 Å². The van der Waals surface area contributed by atoms with Gasteiger partial charge in [-0.25, -0.2) is 4.98 Å². The van der Waals surface area contributed by atoms with Crippen LogP contribution < -0.4 is 0 Å². The molecule has 1 aromatic heterocycles. The lowest BCUT2D eigenvalue weighted by Gasteiger charge is -1.92. The molecule has 0 unspecified atom stereocenters. The fraction of sp³-hybridized carbons (Fsp3) is 0.182. The molecule has 0 fully saturated rings. The number of rotatable bonds is 2. The average Bonchev–Trinajstić information content (AvgIpc) is 2.21. The summed E-state index contributed by atoms with van der Waals surface area (Å²) in [5, 5.41) is 0. The van der Waals surface area contributed by atoms with Crippen molar-refractivity contribution >= 4 is 12.2 Å². The topological polar surface area (TPSA) is 12.9 Å². The van der Waals surface area contributed by atoms with Gasteiger partial charge in [0, 0.05) is 0 Å². The van der Waals surface area contributed by atoms with Crippen LogP contribution in [0.25, 0.3) is 12.2 Å². The van der Waals surface area contributed by atoms with Gasteiger partial charge in [0.15, 0.2) is 0 Å². The van der Waals surface area contributed by atoms with Gasteiger partial charge in [-0.05, 0) is 24.3 Å². The number of hydrogen-bond donors (Lipinski definition) is 0. The van der Waals surface area contributed by atoms with Gasteiger partial charge in [-0.2, -0.15) is 0 Å². The lowest BCUT2D eigenvalue weighted by atomic mass is 10.3. The normalized spacial score (nSPS) is 7.83. The molecule has 0 amide bonds. The Kier molecular flexibility index (Phi) is 5.62. The molecule has 1 aromatic rings. The van der Waals surface area contributed by atoms with Gasteiger partial charge in [-0.3, -0.25) is 0 Å². The van der Waals surface area contributed by atoms with Gasteiger partial charge < -0.3 is 0 Å². The quantitative estimate of drug-likeness (QED) is 0.647. The molecule has 12 heavy (non-hydrogen) atoms. The predicted octanol–water partition coefficient (Wildman–Crippen LogP) is 3.39. The monoisotopic (exact) mass is 161 g/mol.